The Morgan fingerprint density at radius 1 is 1.30 bits per heavy atom. The molecule has 0 fully saturated rings. The van der Waals surface area contributed by atoms with Gasteiger partial charge in [-0.25, -0.2) is 14.0 Å². The molecule has 0 atom stereocenters. The number of halogens is 1. The maximum atomic E-state index is 12.9. The van der Waals surface area contributed by atoms with Gasteiger partial charge in [0, 0.05) is 18.8 Å². The number of likely N-dealkylation sites (N-methyl/N-ethyl adjacent to an activating group) is 1. The molecule has 7 heteroatoms. The SMILES string of the molecule is CCOC(=O)C1=C(CN(C)Cc2ccc(F)cc2)NC(=O)NC1. The van der Waals surface area contributed by atoms with Crippen LogP contribution in [0.25, 0.3) is 0 Å². The minimum Gasteiger partial charge on any atom is -0.463 e. The Morgan fingerprint density at radius 3 is 2.65 bits per heavy atom. The second kappa shape index (κ2) is 7.73. The molecule has 1 aromatic carbocycles. The summed E-state index contributed by atoms with van der Waals surface area (Å²) in [7, 11) is 1.85. The van der Waals surface area contributed by atoms with E-state index in [0.717, 1.165) is 5.56 Å². The highest BCUT2D eigenvalue weighted by Gasteiger charge is 2.24. The van der Waals surface area contributed by atoms with Gasteiger partial charge in [0.25, 0.3) is 0 Å². The van der Waals surface area contributed by atoms with Crippen molar-refractivity contribution in [3.63, 3.8) is 0 Å². The molecule has 0 radical (unpaired) electrons. The number of esters is 1. The molecule has 6 nitrogen and oxygen atoms in total. The maximum Gasteiger partial charge on any atom is 0.337 e. The largest absolute Gasteiger partial charge is 0.463 e. The van der Waals surface area contributed by atoms with E-state index in [0.29, 0.717) is 24.4 Å². The Hall–Kier alpha value is -2.41. The lowest BCUT2D eigenvalue weighted by Gasteiger charge is -2.25. The molecule has 1 heterocycles. The van der Waals surface area contributed by atoms with Crippen LogP contribution in [0.1, 0.15) is 12.5 Å². The third-order valence-corrected chi connectivity index (χ3v) is 3.37. The molecule has 1 aromatic rings. The van der Waals surface area contributed by atoms with E-state index < -0.39 is 5.97 Å². The molecule has 23 heavy (non-hydrogen) atoms. The zero-order chi connectivity index (χ0) is 16.8. The monoisotopic (exact) mass is 321 g/mol. The van der Waals surface area contributed by atoms with E-state index in [-0.39, 0.29) is 25.0 Å². The van der Waals surface area contributed by atoms with Crippen molar-refractivity contribution in [2.75, 3.05) is 26.7 Å². The number of hydrogen-bond donors (Lipinski definition) is 2. The van der Waals surface area contributed by atoms with Crippen molar-refractivity contribution in [2.45, 2.75) is 13.5 Å². The predicted octanol–water partition coefficient (Wildman–Crippen LogP) is 1.39. The van der Waals surface area contributed by atoms with Crippen LogP contribution < -0.4 is 10.6 Å². The highest BCUT2D eigenvalue weighted by Crippen LogP contribution is 2.11. The summed E-state index contributed by atoms with van der Waals surface area (Å²) < 4.78 is 17.9. The summed E-state index contributed by atoms with van der Waals surface area (Å²) in [5.74, 6) is -0.723. The number of nitrogens with zero attached hydrogens (tertiary/aromatic N) is 1. The molecule has 0 spiro atoms. The van der Waals surface area contributed by atoms with Crippen molar-refractivity contribution in [2.24, 2.45) is 0 Å². The van der Waals surface area contributed by atoms with Crippen LogP contribution in [0.2, 0.25) is 0 Å². The van der Waals surface area contributed by atoms with E-state index in [1.807, 2.05) is 11.9 Å². The topological polar surface area (TPSA) is 70.7 Å². The number of carbonyl (C=O) groups excluding carboxylic acids is 2. The molecule has 0 bridgehead atoms. The van der Waals surface area contributed by atoms with Crippen molar-refractivity contribution >= 4 is 12.0 Å². The van der Waals surface area contributed by atoms with Gasteiger partial charge in [0.2, 0.25) is 0 Å². The second-order valence-electron chi connectivity index (χ2n) is 5.28. The molecule has 2 amide bonds. The zero-order valence-corrected chi connectivity index (χ0v) is 13.2. The summed E-state index contributed by atoms with van der Waals surface area (Å²) >= 11 is 0. The Kier molecular flexibility index (Phi) is 5.70. The highest BCUT2D eigenvalue weighted by molar-refractivity contribution is 5.93. The first-order chi connectivity index (χ1) is 11.0. The van der Waals surface area contributed by atoms with Crippen molar-refractivity contribution in [1.29, 1.82) is 0 Å². The number of hydrogen-bond acceptors (Lipinski definition) is 4. The third kappa shape index (κ3) is 4.79. The lowest BCUT2D eigenvalue weighted by molar-refractivity contribution is -0.138. The van der Waals surface area contributed by atoms with E-state index in [2.05, 4.69) is 10.6 Å². The van der Waals surface area contributed by atoms with Gasteiger partial charge in [-0.05, 0) is 31.7 Å². The fourth-order valence-electron chi connectivity index (χ4n) is 2.31. The summed E-state index contributed by atoms with van der Waals surface area (Å²) in [6.45, 7) is 3.08. The smallest absolute Gasteiger partial charge is 0.337 e. The molecular weight excluding hydrogens is 301 g/mol. The van der Waals surface area contributed by atoms with Crippen molar-refractivity contribution in [3.05, 3.63) is 46.9 Å². The number of carbonyl (C=O) groups is 2. The van der Waals surface area contributed by atoms with E-state index in [1.165, 1.54) is 12.1 Å². The summed E-state index contributed by atoms with van der Waals surface area (Å²) in [6.07, 6.45) is 0. The maximum absolute atomic E-state index is 12.9. The average Bonchev–Trinajstić information content (AvgIpc) is 2.50. The van der Waals surface area contributed by atoms with Crippen LogP contribution in [0.3, 0.4) is 0 Å². The highest BCUT2D eigenvalue weighted by atomic mass is 19.1. The van der Waals surface area contributed by atoms with E-state index in [1.54, 1.807) is 19.1 Å². The lowest BCUT2D eigenvalue weighted by Crippen LogP contribution is -2.46. The zero-order valence-electron chi connectivity index (χ0n) is 13.2. The number of urea groups is 1. The predicted molar refractivity (Wildman–Crippen MR) is 82.9 cm³/mol. The van der Waals surface area contributed by atoms with Gasteiger partial charge in [0.05, 0.1) is 18.7 Å². The Bertz CT molecular complexity index is 614. The molecule has 0 aliphatic carbocycles. The molecule has 1 aliphatic rings. The van der Waals surface area contributed by atoms with Crippen LogP contribution in [-0.2, 0) is 16.1 Å². The summed E-state index contributed by atoms with van der Waals surface area (Å²) in [6, 6.07) is 5.86. The first-order valence-electron chi connectivity index (χ1n) is 7.36. The van der Waals surface area contributed by atoms with Gasteiger partial charge in [0.1, 0.15) is 5.82 Å². The Morgan fingerprint density at radius 2 is 2.00 bits per heavy atom. The normalized spacial score (nSPS) is 14.5. The molecule has 0 aromatic heterocycles. The average molecular weight is 321 g/mol. The van der Waals surface area contributed by atoms with Crippen LogP contribution in [0, 0.1) is 5.82 Å². The van der Waals surface area contributed by atoms with E-state index in [4.69, 9.17) is 4.74 Å². The van der Waals surface area contributed by atoms with Crippen LogP contribution in [0.5, 0.6) is 0 Å². The van der Waals surface area contributed by atoms with Crippen LogP contribution in [0.15, 0.2) is 35.5 Å². The van der Waals surface area contributed by atoms with Crippen LogP contribution in [0.4, 0.5) is 9.18 Å². The van der Waals surface area contributed by atoms with Gasteiger partial charge in [-0.2, -0.15) is 0 Å². The first kappa shape index (κ1) is 17.0. The summed E-state index contributed by atoms with van der Waals surface area (Å²) in [5.41, 5.74) is 1.88. The Balaban J connectivity index is 2.08. The van der Waals surface area contributed by atoms with Gasteiger partial charge in [-0.15, -0.1) is 0 Å². The standard InChI is InChI=1S/C16H20FN3O3/c1-3-23-15(21)13-8-18-16(22)19-14(13)10-20(2)9-11-4-6-12(17)7-5-11/h4-7H,3,8-10H2,1-2H3,(H2,18,19,22). The number of ether oxygens (including phenoxy) is 1. The molecule has 0 unspecified atom stereocenters. The van der Waals surface area contributed by atoms with Crippen molar-refractivity contribution < 1.29 is 18.7 Å². The van der Waals surface area contributed by atoms with Gasteiger partial charge >= 0.3 is 12.0 Å². The first-order valence-corrected chi connectivity index (χ1v) is 7.36. The van der Waals surface area contributed by atoms with Crippen molar-refractivity contribution in [3.8, 4) is 0 Å². The van der Waals surface area contributed by atoms with Gasteiger partial charge < -0.3 is 15.4 Å². The quantitative estimate of drug-likeness (QED) is 0.777. The summed E-state index contributed by atoms with van der Waals surface area (Å²) in [4.78, 5) is 25.4. The molecular formula is C16H20FN3O3. The molecule has 2 rings (SSSR count). The number of amides is 2. The minimum absolute atomic E-state index is 0.143. The summed E-state index contributed by atoms with van der Waals surface area (Å²) in [5, 5.41) is 5.22. The fraction of sp³-hybridized carbons (Fsp3) is 0.375. The molecule has 0 saturated heterocycles. The molecule has 2 N–H and O–H groups in total. The second-order valence-corrected chi connectivity index (χ2v) is 5.28. The third-order valence-electron chi connectivity index (χ3n) is 3.37. The molecule has 0 saturated carbocycles. The number of rotatable bonds is 6. The van der Waals surface area contributed by atoms with E-state index >= 15 is 0 Å². The van der Waals surface area contributed by atoms with Gasteiger partial charge in [0.15, 0.2) is 0 Å². The van der Waals surface area contributed by atoms with Gasteiger partial charge in [-0.1, -0.05) is 12.1 Å². The number of benzene rings is 1. The van der Waals surface area contributed by atoms with Crippen molar-refractivity contribution in [1.82, 2.24) is 15.5 Å². The van der Waals surface area contributed by atoms with Crippen LogP contribution in [-0.4, -0.2) is 43.6 Å². The van der Waals surface area contributed by atoms with Gasteiger partial charge in [-0.3, -0.25) is 4.90 Å². The van der Waals surface area contributed by atoms with E-state index in [9.17, 15) is 14.0 Å². The lowest BCUT2D eigenvalue weighted by atomic mass is 10.1. The van der Waals surface area contributed by atoms with Crippen LogP contribution >= 0.6 is 0 Å². The fourth-order valence-corrected chi connectivity index (χ4v) is 2.31. The molecule has 1 aliphatic heterocycles. The Labute approximate surface area is 134 Å². The minimum atomic E-state index is -0.440. The number of nitrogens with one attached hydrogen (secondary N) is 2. The molecule has 124 valence electrons.